The van der Waals surface area contributed by atoms with Gasteiger partial charge < -0.3 is 10.3 Å². The lowest BCUT2D eigenvalue weighted by Gasteiger charge is -2.43. The fraction of sp³-hybridized carbons (Fsp3) is 0.455. The van der Waals surface area contributed by atoms with Crippen molar-refractivity contribution in [3.05, 3.63) is 40.6 Å². The van der Waals surface area contributed by atoms with Gasteiger partial charge in [0, 0.05) is 12.0 Å². The van der Waals surface area contributed by atoms with Crippen LogP contribution in [0.25, 0.3) is 0 Å². The van der Waals surface area contributed by atoms with Crippen molar-refractivity contribution in [1.82, 2.24) is 5.06 Å². The summed E-state index contributed by atoms with van der Waals surface area (Å²) in [6.07, 6.45) is 0. The lowest BCUT2D eigenvalue weighted by atomic mass is 9.79. The lowest BCUT2D eigenvalue weighted by Crippen LogP contribution is -2.38. The van der Waals surface area contributed by atoms with Crippen LogP contribution in [0.4, 0.5) is 0 Å². The van der Waals surface area contributed by atoms with E-state index >= 15 is 0 Å². The second-order valence-corrected chi connectivity index (χ2v) is 4.34. The highest BCUT2D eigenvalue weighted by atomic mass is 16.5. The number of hydrogen-bond acceptors (Lipinski definition) is 2. The van der Waals surface area contributed by atoms with Gasteiger partial charge in [0.25, 0.3) is 0 Å². The summed E-state index contributed by atoms with van der Waals surface area (Å²) in [7, 11) is 0. The van der Waals surface area contributed by atoms with Gasteiger partial charge in [0.2, 0.25) is 0 Å². The van der Waals surface area contributed by atoms with Gasteiger partial charge in [-0.3, -0.25) is 0 Å². The Bertz CT molecular complexity index is 320. The molecule has 0 unspecified atom stereocenters. The third kappa shape index (κ3) is 1.47. The van der Waals surface area contributed by atoms with Gasteiger partial charge in [0.1, 0.15) is 0 Å². The molecular weight excluding hydrogens is 162 g/mol. The summed E-state index contributed by atoms with van der Waals surface area (Å²) in [5.74, 6) is 0. The molecule has 2 heteroatoms. The topological polar surface area (TPSA) is 26.3 Å². The van der Waals surface area contributed by atoms with Gasteiger partial charge in [0.15, 0.2) is 0 Å². The van der Waals surface area contributed by atoms with Crippen molar-refractivity contribution >= 4 is 0 Å². The third-order valence-corrected chi connectivity index (χ3v) is 2.66. The molecule has 0 saturated heterocycles. The van der Waals surface area contributed by atoms with Crippen LogP contribution in [-0.2, 0) is 12.0 Å². The zero-order valence-corrected chi connectivity index (χ0v) is 8.08. The second-order valence-electron chi connectivity index (χ2n) is 4.34. The number of fused-ring (bicyclic) bond motifs is 1. The van der Waals surface area contributed by atoms with Crippen LogP contribution in [0.2, 0.25) is 0 Å². The molecule has 13 heavy (non-hydrogen) atoms. The molecule has 1 aromatic rings. The molecule has 1 aliphatic heterocycles. The van der Waals surface area contributed by atoms with Crippen LogP contribution in [-0.4, -0.2) is 11.6 Å². The molecule has 70 valence electrons. The molecule has 0 aliphatic carbocycles. The smallest absolute Gasteiger partial charge is 0.0117 e. The van der Waals surface area contributed by atoms with E-state index in [0.29, 0.717) is 13.1 Å². The summed E-state index contributed by atoms with van der Waals surface area (Å²) in [5, 5.41) is 12.5. The predicted octanol–water partition coefficient (Wildman–Crippen LogP) is 2.28. The molecule has 2 rings (SSSR count). The maximum absolute atomic E-state index is 11.4. The van der Waals surface area contributed by atoms with Crippen LogP contribution < -0.4 is 0 Å². The first-order chi connectivity index (χ1) is 6.09. The van der Waals surface area contributed by atoms with E-state index in [-0.39, 0.29) is 5.41 Å². The molecule has 2 nitrogen and oxygen atoms in total. The van der Waals surface area contributed by atoms with Crippen molar-refractivity contribution in [2.45, 2.75) is 25.8 Å². The highest BCUT2D eigenvalue weighted by molar-refractivity contribution is 5.35. The van der Waals surface area contributed by atoms with Crippen molar-refractivity contribution in [2.24, 2.45) is 0 Å². The van der Waals surface area contributed by atoms with Crippen LogP contribution in [0.5, 0.6) is 0 Å². The van der Waals surface area contributed by atoms with E-state index in [2.05, 4.69) is 19.9 Å². The van der Waals surface area contributed by atoms with Crippen LogP contribution >= 0.6 is 0 Å². The van der Waals surface area contributed by atoms with Crippen molar-refractivity contribution in [1.29, 1.82) is 0 Å². The molecule has 0 amide bonds. The number of hydroxylamine groups is 2. The minimum atomic E-state index is -0.00338. The van der Waals surface area contributed by atoms with E-state index in [1.54, 1.807) is 0 Å². The summed E-state index contributed by atoms with van der Waals surface area (Å²) in [6.45, 7) is 5.38. The number of nitrogens with zero attached hydrogens (tertiary/aromatic N) is 1. The van der Waals surface area contributed by atoms with Gasteiger partial charge in [-0.15, -0.1) is 0 Å². The highest BCUT2D eigenvalue weighted by Crippen LogP contribution is 2.32. The quantitative estimate of drug-likeness (QED) is 0.606. The molecule has 0 spiro atoms. The minimum Gasteiger partial charge on any atom is -0.785 e. The van der Waals surface area contributed by atoms with E-state index in [1.165, 1.54) is 11.1 Å². The first-order valence-corrected chi connectivity index (χ1v) is 4.60. The average Bonchev–Trinajstić information content (AvgIpc) is 2.02. The zero-order valence-electron chi connectivity index (χ0n) is 8.08. The summed E-state index contributed by atoms with van der Waals surface area (Å²) in [4.78, 5) is 0. The first-order valence-electron chi connectivity index (χ1n) is 4.60. The van der Waals surface area contributed by atoms with Gasteiger partial charge in [-0.2, -0.15) is 0 Å². The van der Waals surface area contributed by atoms with Gasteiger partial charge in [-0.05, 0) is 17.7 Å². The molecule has 0 saturated carbocycles. The SMILES string of the molecule is CC1(C)CN([O-])Cc2ccccc21. The standard InChI is InChI=1S/C11H14NO/c1-11(2)8-12(13)7-9-5-3-4-6-10(9)11/h3-6H,7-8H2,1-2H3/q-1. The maximum atomic E-state index is 11.4. The van der Waals surface area contributed by atoms with Crippen LogP contribution in [0, 0.1) is 5.21 Å². The zero-order chi connectivity index (χ0) is 9.47. The van der Waals surface area contributed by atoms with Gasteiger partial charge in [-0.1, -0.05) is 38.1 Å². The highest BCUT2D eigenvalue weighted by Gasteiger charge is 2.27. The van der Waals surface area contributed by atoms with E-state index in [0.717, 1.165) is 5.06 Å². The van der Waals surface area contributed by atoms with Gasteiger partial charge in [-0.25, -0.2) is 0 Å². The Morgan fingerprint density at radius 2 is 2.00 bits per heavy atom. The first kappa shape index (κ1) is 8.73. The Labute approximate surface area is 78.8 Å². The minimum absolute atomic E-state index is 0.00338. The molecule has 0 atom stereocenters. The largest absolute Gasteiger partial charge is 0.785 e. The van der Waals surface area contributed by atoms with E-state index in [4.69, 9.17) is 0 Å². The number of rotatable bonds is 0. The molecule has 0 N–H and O–H groups in total. The van der Waals surface area contributed by atoms with E-state index in [9.17, 15) is 5.21 Å². The van der Waals surface area contributed by atoms with Crippen molar-refractivity contribution in [3.8, 4) is 0 Å². The molecular formula is C11H14NO-. The summed E-state index contributed by atoms with van der Waals surface area (Å²) < 4.78 is 0. The monoisotopic (exact) mass is 176 g/mol. The molecule has 0 bridgehead atoms. The maximum Gasteiger partial charge on any atom is 0.0117 e. The Morgan fingerprint density at radius 1 is 1.31 bits per heavy atom. The molecule has 1 aromatic carbocycles. The number of benzene rings is 1. The van der Waals surface area contributed by atoms with Gasteiger partial charge in [0.05, 0.1) is 0 Å². The van der Waals surface area contributed by atoms with Crippen LogP contribution in [0.3, 0.4) is 0 Å². The normalized spacial score (nSPS) is 21.2. The molecule has 0 fully saturated rings. The molecule has 1 aliphatic rings. The Kier molecular flexibility index (Phi) is 1.90. The van der Waals surface area contributed by atoms with Gasteiger partial charge >= 0.3 is 0 Å². The average molecular weight is 176 g/mol. The van der Waals surface area contributed by atoms with Crippen LogP contribution in [0.15, 0.2) is 24.3 Å². The van der Waals surface area contributed by atoms with Crippen molar-refractivity contribution in [2.75, 3.05) is 6.54 Å². The summed E-state index contributed by atoms with van der Waals surface area (Å²) >= 11 is 0. The van der Waals surface area contributed by atoms with Crippen molar-refractivity contribution < 1.29 is 0 Å². The molecule has 0 radical (unpaired) electrons. The second kappa shape index (κ2) is 2.82. The predicted molar refractivity (Wildman–Crippen MR) is 53.2 cm³/mol. The Morgan fingerprint density at radius 3 is 2.77 bits per heavy atom. The fourth-order valence-electron chi connectivity index (χ4n) is 2.09. The van der Waals surface area contributed by atoms with Crippen LogP contribution in [0.1, 0.15) is 25.0 Å². The summed E-state index contributed by atoms with van der Waals surface area (Å²) in [5.41, 5.74) is 2.49. The fourth-order valence-corrected chi connectivity index (χ4v) is 2.09. The lowest BCUT2D eigenvalue weighted by molar-refractivity contribution is 0.265. The Balaban J connectivity index is 2.50. The molecule has 1 heterocycles. The van der Waals surface area contributed by atoms with Crippen molar-refractivity contribution in [3.63, 3.8) is 0 Å². The number of hydrogen-bond donors (Lipinski definition) is 0. The van der Waals surface area contributed by atoms with E-state index in [1.807, 2.05) is 18.2 Å². The molecule has 0 aromatic heterocycles. The Hall–Kier alpha value is -0.860. The van der Waals surface area contributed by atoms with E-state index < -0.39 is 0 Å². The third-order valence-electron chi connectivity index (χ3n) is 2.66. The summed E-state index contributed by atoms with van der Waals surface area (Å²) in [6, 6.07) is 8.21.